The summed E-state index contributed by atoms with van der Waals surface area (Å²) < 4.78 is 4.61. The molecule has 0 aliphatic carbocycles. The van der Waals surface area contributed by atoms with Gasteiger partial charge in [-0.2, -0.15) is 0 Å². The van der Waals surface area contributed by atoms with Crippen LogP contribution in [-0.2, 0) is 14.3 Å². The van der Waals surface area contributed by atoms with Crippen LogP contribution < -0.4 is 0 Å². The lowest BCUT2D eigenvalue weighted by Gasteiger charge is -2.06. The Hall–Kier alpha value is -1.06. The standard InChI is InChI=1S/C7H10O4/c1-2-4-5(6(8)9)3-11-7(4)10/h4-5H,2-3H2,1H3,(H,8,9)/t4-,5+/m0/s1. The third kappa shape index (κ3) is 1.34. The molecule has 4 nitrogen and oxygen atoms in total. The number of ether oxygens (including phenoxy) is 1. The van der Waals surface area contributed by atoms with E-state index in [0.717, 1.165) is 0 Å². The van der Waals surface area contributed by atoms with Crippen molar-refractivity contribution < 1.29 is 19.4 Å². The Morgan fingerprint density at radius 1 is 1.82 bits per heavy atom. The minimum atomic E-state index is -0.942. The fourth-order valence-electron chi connectivity index (χ4n) is 1.25. The Balaban J connectivity index is 2.68. The third-order valence-electron chi connectivity index (χ3n) is 1.95. The quantitative estimate of drug-likeness (QED) is 0.586. The van der Waals surface area contributed by atoms with Crippen molar-refractivity contribution >= 4 is 11.9 Å². The number of esters is 1. The van der Waals surface area contributed by atoms with E-state index in [-0.39, 0.29) is 12.6 Å². The second-order valence-electron chi connectivity index (χ2n) is 2.59. The molecule has 1 heterocycles. The average Bonchev–Trinajstić information content (AvgIpc) is 2.30. The Morgan fingerprint density at radius 3 is 2.82 bits per heavy atom. The monoisotopic (exact) mass is 158 g/mol. The summed E-state index contributed by atoms with van der Waals surface area (Å²) in [5.41, 5.74) is 0. The molecule has 0 unspecified atom stereocenters. The van der Waals surface area contributed by atoms with Crippen molar-refractivity contribution in [3.8, 4) is 0 Å². The van der Waals surface area contributed by atoms with Gasteiger partial charge in [0.05, 0.1) is 5.92 Å². The Kier molecular flexibility index (Phi) is 2.12. The van der Waals surface area contributed by atoms with Crippen molar-refractivity contribution in [2.45, 2.75) is 13.3 Å². The summed E-state index contributed by atoms with van der Waals surface area (Å²) in [5, 5.41) is 8.60. The van der Waals surface area contributed by atoms with E-state index in [0.29, 0.717) is 6.42 Å². The van der Waals surface area contributed by atoms with Gasteiger partial charge in [0, 0.05) is 0 Å². The lowest BCUT2D eigenvalue weighted by atomic mass is 9.93. The molecule has 2 atom stereocenters. The molecule has 1 rings (SSSR count). The van der Waals surface area contributed by atoms with Gasteiger partial charge in [0.15, 0.2) is 0 Å². The van der Waals surface area contributed by atoms with Crippen molar-refractivity contribution in [3.63, 3.8) is 0 Å². The minimum Gasteiger partial charge on any atom is -0.481 e. The molecule has 1 aliphatic rings. The number of rotatable bonds is 2. The number of carbonyl (C=O) groups is 2. The van der Waals surface area contributed by atoms with Crippen molar-refractivity contribution in [3.05, 3.63) is 0 Å². The van der Waals surface area contributed by atoms with Gasteiger partial charge in [-0.05, 0) is 6.42 Å². The van der Waals surface area contributed by atoms with Crippen LogP contribution in [0.25, 0.3) is 0 Å². The van der Waals surface area contributed by atoms with E-state index in [1.54, 1.807) is 6.92 Å². The molecule has 1 saturated heterocycles. The van der Waals surface area contributed by atoms with Crippen molar-refractivity contribution in [2.24, 2.45) is 11.8 Å². The van der Waals surface area contributed by atoms with E-state index >= 15 is 0 Å². The molecule has 4 heteroatoms. The molecule has 0 aromatic carbocycles. The fraction of sp³-hybridized carbons (Fsp3) is 0.714. The Morgan fingerprint density at radius 2 is 2.45 bits per heavy atom. The van der Waals surface area contributed by atoms with Crippen LogP contribution in [0.2, 0.25) is 0 Å². The number of carboxylic acids is 1. The van der Waals surface area contributed by atoms with E-state index in [1.807, 2.05) is 0 Å². The molecule has 62 valence electrons. The molecule has 0 radical (unpaired) electrons. The summed E-state index contributed by atoms with van der Waals surface area (Å²) in [6.45, 7) is 1.82. The first kappa shape index (κ1) is 8.04. The number of carboxylic acid groups (broad SMARTS) is 1. The van der Waals surface area contributed by atoms with Crippen molar-refractivity contribution in [1.29, 1.82) is 0 Å². The largest absolute Gasteiger partial charge is 0.481 e. The van der Waals surface area contributed by atoms with Crippen LogP contribution in [0, 0.1) is 11.8 Å². The van der Waals surface area contributed by atoms with Crippen molar-refractivity contribution in [2.75, 3.05) is 6.61 Å². The van der Waals surface area contributed by atoms with Gasteiger partial charge in [-0.3, -0.25) is 9.59 Å². The Labute approximate surface area is 64.2 Å². The molecule has 0 aromatic rings. The molecule has 1 N–H and O–H groups in total. The van der Waals surface area contributed by atoms with Crippen LogP contribution in [0.5, 0.6) is 0 Å². The second kappa shape index (κ2) is 2.90. The first-order valence-electron chi connectivity index (χ1n) is 3.56. The van der Waals surface area contributed by atoms with E-state index in [1.165, 1.54) is 0 Å². The van der Waals surface area contributed by atoms with Crippen molar-refractivity contribution in [1.82, 2.24) is 0 Å². The molecule has 0 bridgehead atoms. The summed E-state index contributed by atoms with van der Waals surface area (Å²) in [6.07, 6.45) is 0.538. The van der Waals surface area contributed by atoms with Gasteiger partial charge in [0.25, 0.3) is 0 Å². The summed E-state index contributed by atoms with van der Waals surface area (Å²) in [5.74, 6) is -2.39. The smallest absolute Gasteiger partial charge is 0.310 e. The van der Waals surface area contributed by atoms with Crippen LogP contribution >= 0.6 is 0 Å². The highest BCUT2D eigenvalue weighted by Gasteiger charge is 2.40. The minimum absolute atomic E-state index is 0.0344. The highest BCUT2D eigenvalue weighted by molar-refractivity contribution is 5.83. The van der Waals surface area contributed by atoms with Crippen LogP contribution in [-0.4, -0.2) is 23.7 Å². The van der Waals surface area contributed by atoms with Gasteiger partial charge < -0.3 is 9.84 Å². The highest BCUT2D eigenvalue weighted by atomic mass is 16.5. The summed E-state index contributed by atoms with van der Waals surface area (Å²) >= 11 is 0. The maximum atomic E-state index is 10.8. The van der Waals surface area contributed by atoms with E-state index in [4.69, 9.17) is 5.11 Å². The number of cyclic esters (lactones) is 1. The first-order chi connectivity index (χ1) is 5.16. The van der Waals surface area contributed by atoms with Crippen LogP contribution in [0.1, 0.15) is 13.3 Å². The number of hydrogen-bond acceptors (Lipinski definition) is 3. The number of carbonyl (C=O) groups excluding carboxylic acids is 1. The maximum Gasteiger partial charge on any atom is 0.310 e. The second-order valence-corrected chi connectivity index (χ2v) is 2.59. The van der Waals surface area contributed by atoms with Crippen LogP contribution in [0.3, 0.4) is 0 Å². The van der Waals surface area contributed by atoms with Gasteiger partial charge >= 0.3 is 11.9 Å². The predicted octanol–water partition coefficient (Wildman–Crippen LogP) is 0.270. The zero-order chi connectivity index (χ0) is 8.43. The zero-order valence-corrected chi connectivity index (χ0v) is 6.24. The lowest BCUT2D eigenvalue weighted by molar-refractivity contribution is -0.144. The van der Waals surface area contributed by atoms with Crippen LogP contribution in [0.4, 0.5) is 0 Å². The van der Waals surface area contributed by atoms with Gasteiger partial charge in [0.2, 0.25) is 0 Å². The molecule has 0 amide bonds. The Bertz CT molecular complexity index is 187. The molecule has 0 spiro atoms. The highest BCUT2D eigenvalue weighted by Crippen LogP contribution is 2.24. The molecule has 11 heavy (non-hydrogen) atoms. The van der Waals surface area contributed by atoms with E-state index in [9.17, 15) is 9.59 Å². The third-order valence-corrected chi connectivity index (χ3v) is 1.95. The lowest BCUT2D eigenvalue weighted by Crippen LogP contribution is -2.22. The number of aliphatic carboxylic acids is 1. The summed E-state index contributed by atoms with van der Waals surface area (Å²) in [6, 6.07) is 0. The molecule has 1 fully saturated rings. The summed E-state index contributed by atoms with van der Waals surface area (Å²) in [7, 11) is 0. The van der Waals surface area contributed by atoms with Gasteiger partial charge in [0.1, 0.15) is 12.5 Å². The van der Waals surface area contributed by atoms with Gasteiger partial charge in [-0.15, -0.1) is 0 Å². The predicted molar refractivity (Wildman–Crippen MR) is 35.9 cm³/mol. The molecular formula is C7H10O4. The van der Waals surface area contributed by atoms with Gasteiger partial charge in [-0.1, -0.05) is 6.92 Å². The first-order valence-corrected chi connectivity index (χ1v) is 3.56. The maximum absolute atomic E-state index is 10.8. The molecule has 1 aliphatic heterocycles. The zero-order valence-electron chi connectivity index (χ0n) is 6.24. The summed E-state index contributed by atoms with van der Waals surface area (Å²) in [4.78, 5) is 21.3. The topological polar surface area (TPSA) is 63.6 Å². The molecule has 0 saturated carbocycles. The van der Waals surface area contributed by atoms with Gasteiger partial charge in [-0.25, -0.2) is 0 Å². The number of hydrogen-bond donors (Lipinski definition) is 1. The normalized spacial score (nSPS) is 30.1. The van der Waals surface area contributed by atoms with E-state index < -0.39 is 17.8 Å². The SMILES string of the molecule is CC[C@@H]1C(=O)OC[C@H]1C(=O)O. The fourth-order valence-corrected chi connectivity index (χ4v) is 1.25. The molecular weight excluding hydrogens is 148 g/mol. The van der Waals surface area contributed by atoms with E-state index in [2.05, 4.69) is 4.74 Å². The van der Waals surface area contributed by atoms with Crippen LogP contribution in [0.15, 0.2) is 0 Å². The molecule has 0 aromatic heterocycles. The average molecular weight is 158 g/mol.